The van der Waals surface area contributed by atoms with Crippen molar-refractivity contribution in [3.05, 3.63) is 59.2 Å². The molecule has 0 aliphatic carbocycles. The van der Waals surface area contributed by atoms with E-state index in [0.717, 1.165) is 25.1 Å². The van der Waals surface area contributed by atoms with Crippen LogP contribution in [0.2, 0.25) is 0 Å². The fraction of sp³-hybridized carbons (Fsp3) is 0.333. The molecular weight excluding hydrogens is 246 g/mol. The first-order valence-electron chi connectivity index (χ1n) is 7.21. The largest absolute Gasteiger partial charge is 0.497 e. The number of benzene rings is 2. The maximum absolute atomic E-state index is 5.27. The number of methoxy groups -OCH3 is 1. The molecule has 1 aliphatic rings. The lowest BCUT2D eigenvalue weighted by Gasteiger charge is -2.26. The van der Waals surface area contributed by atoms with Gasteiger partial charge in [-0.15, -0.1) is 0 Å². The quantitative estimate of drug-likeness (QED) is 0.912. The molecule has 0 amide bonds. The van der Waals surface area contributed by atoms with Crippen LogP contribution in [-0.2, 0) is 12.8 Å². The lowest BCUT2D eigenvalue weighted by molar-refractivity contribution is 0.414. The molecule has 2 nitrogen and oxygen atoms in total. The molecule has 0 spiro atoms. The molecule has 1 unspecified atom stereocenters. The van der Waals surface area contributed by atoms with Crippen molar-refractivity contribution in [3.8, 4) is 5.75 Å². The lowest BCUT2D eigenvalue weighted by Crippen LogP contribution is -2.24. The SMILES string of the molecule is COc1ccc2c(c1)NCC(Cc1ccc(C)cc1)C2. The summed E-state index contributed by atoms with van der Waals surface area (Å²) in [7, 11) is 1.71. The van der Waals surface area contributed by atoms with Crippen LogP contribution in [0.15, 0.2) is 42.5 Å². The third kappa shape index (κ3) is 2.79. The van der Waals surface area contributed by atoms with E-state index in [1.165, 1.54) is 22.4 Å². The van der Waals surface area contributed by atoms with Crippen molar-refractivity contribution >= 4 is 5.69 Å². The van der Waals surface area contributed by atoms with E-state index < -0.39 is 0 Å². The van der Waals surface area contributed by atoms with Gasteiger partial charge in [-0.05, 0) is 42.9 Å². The minimum absolute atomic E-state index is 0.665. The van der Waals surface area contributed by atoms with Crippen molar-refractivity contribution in [1.29, 1.82) is 0 Å². The summed E-state index contributed by atoms with van der Waals surface area (Å²) in [6, 6.07) is 15.2. The van der Waals surface area contributed by atoms with E-state index in [-0.39, 0.29) is 0 Å². The summed E-state index contributed by atoms with van der Waals surface area (Å²) in [4.78, 5) is 0. The zero-order valence-corrected chi connectivity index (χ0v) is 12.1. The number of aryl methyl sites for hydroxylation is 1. The molecule has 0 aromatic heterocycles. The molecule has 2 aromatic rings. The van der Waals surface area contributed by atoms with Gasteiger partial charge in [0.25, 0.3) is 0 Å². The van der Waals surface area contributed by atoms with Gasteiger partial charge in [-0.1, -0.05) is 35.9 Å². The van der Waals surface area contributed by atoms with Gasteiger partial charge in [0.2, 0.25) is 0 Å². The fourth-order valence-corrected chi connectivity index (χ4v) is 2.86. The van der Waals surface area contributed by atoms with Crippen LogP contribution in [0.4, 0.5) is 5.69 Å². The number of rotatable bonds is 3. The average Bonchev–Trinajstić information content (AvgIpc) is 2.49. The Morgan fingerprint density at radius 1 is 1.15 bits per heavy atom. The van der Waals surface area contributed by atoms with Crippen LogP contribution in [0, 0.1) is 12.8 Å². The summed E-state index contributed by atoms with van der Waals surface area (Å²) in [6.45, 7) is 3.17. The summed E-state index contributed by atoms with van der Waals surface area (Å²) < 4.78 is 5.27. The molecule has 1 atom stereocenters. The van der Waals surface area contributed by atoms with E-state index in [0.29, 0.717) is 5.92 Å². The predicted octanol–water partition coefficient (Wildman–Crippen LogP) is 3.83. The van der Waals surface area contributed by atoms with E-state index in [4.69, 9.17) is 4.74 Å². The summed E-state index contributed by atoms with van der Waals surface area (Å²) in [5, 5.41) is 3.54. The van der Waals surface area contributed by atoms with Crippen LogP contribution in [0.3, 0.4) is 0 Å². The minimum Gasteiger partial charge on any atom is -0.497 e. The van der Waals surface area contributed by atoms with Crippen LogP contribution in [0.1, 0.15) is 16.7 Å². The van der Waals surface area contributed by atoms with Gasteiger partial charge < -0.3 is 10.1 Å². The molecule has 0 fully saturated rings. The molecule has 20 heavy (non-hydrogen) atoms. The Morgan fingerprint density at radius 2 is 1.95 bits per heavy atom. The van der Waals surface area contributed by atoms with Gasteiger partial charge in [0.1, 0.15) is 5.75 Å². The molecule has 0 radical (unpaired) electrons. The second kappa shape index (κ2) is 5.58. The normalized spacial score (nSPS) is 17.2. The van der Waals surface area contributed by atoms with Crippen LogP contribution < -0.4 is 10.1 Å². The zero-order valence-electron chi connectivity index (χ0n) is 12.1. The summed E-state index contributed by atoms with van der Waals surface area (Å²) >= 11 is 0. The van der Waals surface area contributed by atoms with E-state index in [2.05, 4.69) is 54.7 Å². The smallest absolute Gasteiger partial charge is 0.120 e. The van der Waals surface area contributed by atoms with Gasteiger partial charge >= 0.3 is 0 Å². The number of ether oxygens (including phenoxy) is 1. The summed E-state index contributed by atoms with van der Waals surface area (Å²) in [5.74, 6) is 1.59. The number of anilines is 1. The Kier molecular flexibility index (Phi) is 3.64. The molecule has 1 aliphatic heterocycles. The molecule has 104 valence electrons. The molecule has 0 saturated carbocycles. The van der Waals surface area contributed by atoms with Gasteiger partial charge in [-0.25, -0.2) is 0 Å². The van der Waals surface area contributed by atoms with Crippen LogP contribution in [0.5, 0.6) is 5.75 Å². The Morgan fingerprint density at radius 3 is 2.70 bits per heavy atom. The first kappa shape index (κ1) is 13.0. The van der Waals surface area contributed by atoms with Crippen LogP contribution in [-0.4, -0.2) is 13.7 Å². The third-order valence-electron chi connectivity index (χ3n) is 4.05. The van der Waals surface area contributed by atoms with E-state index >= 15 is 0 Å². The highest BCUT2D eigenvalue weighted by molar-refractivity contribution is 5.57. The number of hydrogen-bond acceptors (Lipinski definition) is 2. The maximum Gasteiger partial charge on any atom is 0.120 e. The van der Waals surface area contributed by atoms with Crippen LogP contribution in [0.25, 0.3) is 0 Å². The van der Waals surface area contributed by atoms with Crippen molar-refractivity contribution in [3.63, 3.8) is 0 Å². The third-order valence-corrected chi connectivity index (χ3v) is 4.05. The molecular formula is C18H21NO. The lowest BCUT2D eigenvalue weighted by atomic mass is 9.88. The number of fused-ring (bicyclic) bond motifs is 1. The Labute approximate surface area is 120 Å². The van der Waals surface area contributed by atoms with Gasteiger partial charge in [0, 0.05) is 18.3 Å². The van der Waals surface area contributed by atoms with Gasteiger partial charge in [-0.3, -0.25) is 0 Å². The second-order valence-electron chi connectivity index (χ2n) is 5.66. The fourth-order valence-electron chi connectivity index (χ4n) is 2.86. The molecule has 1 N–H and O–H groups in total. The van der Waals surface area contributed by atoms with Crippen molar-refractivity contribution in [2.45, 2.75) is 19.8 Å². The van der Waals surface area contributed by atoms with Crippen molar-refractivity contribution in [1.82, 2.24) is 0 Å². The van der Waals surface area contributed by atoms with Crippen molar-refractivity contribution in [2.24, 2.45) is 5.92 Å². The second-order valence-corrected chi connectivity index (χ2v) is 5.66. The standard InChI is InChI=1S/C18H21NO/c1-13-3-5-14(6-4-13)9-15-10-16-7-8-17(20-2)11-18(16)19-12-15/h3-8,11,15,19H,9-10,12H2,1-2H3. The average molecular weight is 267 g/mol. The Balaban J connectivity index is 1.70. The zero-order chi connectivity index (χ0) is 13.9. The number of nitrogens with one attached hydrogen (secondary N) is 1. The van der Waals surface area contributed by atoms with Gasteiger partial charge in [-0.2, -0.15) is 0 Å². The molecule has 2 aromatic carbocycles. The Bertz CT molecular complexity index is 589. The molecule has 1 heterocycles. The first-order chi connectivity index (χ1) is 9.74. The minimum atomic E-state index is 0.665. The summed E-state index contributed by atoms with van der Waals surface area (Å²) in [5.41, 5.74) is 5.38. The number of hydrogen-bond donors (Lipinski definition) is 1. The highest BCUT2D eigenvalue weighted by Gasteiger charge is 2.18. The van der Waals surface area contributed by atoms with Crippen molar-refractivity contribution in [2.75, 3.05) is 19.0 Å². The predicted molar refractivity (Wildman–Crippen MR) is 83.6 cm³/mol. The molecule has 0 bridgehead atoms. The van der Waals surface area contributed by atoms with E-state index in [9.17, 15) is 0 Å². The topological polar surface area (TPSA) is 21.3 Å². The molecule has 2 heteroatoms. The van der Waals surface area contributed by atoms with Gasteiger partial charge in [0.15, 0.2) is 0 Å². The highest BCUT2D eigenvalue weighted by atomic mass is 16.5. The highest BCUT2D eigenvalue weighted by Crippen LogP contribution is 2.29. The molecule has 0 saturated heterocycles. The summed E-state index contributed by atoms with van der Waals surface area (Å²) in [6.07, 6.45) is 2.28. The molecule has 3 rings (SSSR count). The Hall–Kier alpha value is -1.96. The van der Waals surface area contributed by atoms with E-state index in [1.807, 2.05) is 0 Å². The van der Waals surface area contributed by atoms with Crippen LogP contribution >= 0.6 is 0 Å². The maximum atomic E-state index is 5.27. The van der Waals surface area contributed by atoms with Gasteiger partial charge in [0.05, 0.1) is 7.11 Å². The first-order valence-corrected chi connectivity index (χ1v) is 7.21. The van der Waals surface area contributed by atoms with Crippen molar-refractivity contribution < 1.29 is 4.74 Å². The monoisotopic (exact) mass is 267 g/mol. The van der Waals surface area contributed by atoms with E-state index in [1.54, 1.807) is 7.11 Å².